The first-order valence-corrected chi connectivity index (χ1v) is 12.9. The molecular formula is C28H22Br2N2O3. The lowest BCUT2D eigenvalue weighted by Crippen LogP contribution is -2.34. The fourth-order valence-corrected chi connectivity index (χ4v) is 6.24. The van der Waals surface area contributed by atoms with Crippen LogP contribution in [0, 0.1) is 0 Å². The van der Waals surface area contributed by atoms with Crippen LogP contribution in [0.1, 0.15) is 35.4 Å². The van der Waals surface area contributed by atoms with Gasteiger partial charge in [0.15, 0.2) is 11.5 Å². The lowest BCUT2D eigenvalue weighted by Gasteiger charge is -2.38. The van der Waals surface area contributed by atoms with Gasteiger partial charge in [0.2, 0.25) is 6.23 Å². The SMILES string of the molecule is COc1ccc(C2Oc3c(Br)cc(Br)cc3C3CC(c4ccc5ccccc5c4)=NN32)cc1OC. The molecule has 0 N–H and O–H groups in total. The smallest absolute Gasteiger partial charge is 0.214 e. The van der Waals surface area contributed by atoms with Gasteiger partial charge < -0.3 is 14.2 Å². The van der Waals surface area contributed by atoms with E-state index in [2.05, 4.69) is 85.4 Å². The van der Waals surface area contributed by atoms with E-state index in [1.54, 1.807) is 14.2 Å². The van der Waals surface area contributed by atoms with Crippen molar-refractivity contribution in [2.24, 2.45) is 5.10 Å². The number of hydrazone groups is 1. The Balaban J connectivity index is 1.47. The van der Waals surface area contributed by atoms with Crippen LogP contribution >= 0.6 is 31.9 Å². The zero-order valence-corrected chi connectivity index (χ0v) is 22.3. The van der Waals surface area contributed by atoms with Crippen molar-refractivity contribution in [3.8, 4) is 17.2 Å². The van der Waals surface area contributed by atoms with E-state index in [4.69, 9.17) is 19.3 Å². The third-order valence-corrected chi connectivity index (χ3v) is 7.63. The molecule has 4 aromatic carbocycles. The van der Waals surface area contributed by atoms with Crippen molar-refractivity contribution in [1.29, 1.82) is 0 Å². The summed E-state index contributed by atoms with van der Waals surface area (Å²) in [6.07, 6.45) is 0.365. The number of methoxy groups -OCH3 is 2. The number of hydrogen-bond donors (Lipinski definition) is 0. The Morgan fingerprint density at radius 2 is 1.69 bits per heavy atom. The molecule has 4 aromatic rings. The van der Waals surface area contributed by atoms with Crippen molar-refractivity contribution >= 4 is 48.3 Å². The summed E-state index contributed by atoms with van der Waals surface area (Å²) < 4.78 is 19.5. The van der Waals surface area contributed by atoms with Crippen LogP contribution in [-0.2, 0) is 0 Å². The highest BCUT2D eigenvalue weighted by molar-refractivity contribution is 9.11. The highest BCUT2D eigenvalue weighted by atomic mass is 79.9. The molecule has 2 aliphatic heterocycles. The van der Waals surface area contributed by atoms with Gasteiger partial charge in [0.1, 0.15) is 5.75 Å². The summed E-state index contributed by atoms with van der Waals surface area (Å²) in [6, 6.07) is 25.0. The standard InChI is InChI=1S/C28H22Br2N2O3/c1-33-25-10-9-19(12-26(25)34-2)28-32-24(21-13-20(29)14-22(30)27(21)35-28)15-23(31-32)18-8-7-16-5-3-4-6-17(16)11-18/h3-14,24,28H,15H2,1-2H3. The summed E-state index contributed by atoms with van der Waals surface area (Å²) in [5.41, 5.74) is 4.21. The summed E-state index contributed by atoms with van der Waals surface area (Å²) in [7, 11) is 3.28. The Kier molecular flexibility index (Phi) is 5.69. The molecule has 0 bridgehead atoms. The van der Waals surface area contributed by atoms with E-state index in [9.17, 15) is 0 Å². The molecule has 0 saturated carbocycles. The van der Waals surface area contributed by atoms with Crippen molar-refractivity contribution in [3.05, 3.63) is 98.4 Å². The van der Waals surface area contributed by atoms with E-state index in [1.807, 2.05) is 24.3 Å². The van der Waals surface area contributed by atoms with Crippen LogP contribution in [0.5, 0.6) is 17.2 Å². The van der Waals surface area contributed by atoms with E-state index in [1.165, 1.54) is 10.8 Å². The van der Waals surface area contributed by atoms with Crippen molar-refractivity contribution in [1.82, 2.24) is 5.01 Å². The maximum atomic E-state index is 6.60. The average Bonchev–Trinajstić information content (AvgIpc) is 3.33. The normalized spacial score (nSPS) is 18.5. The van der Waals surface area contributed by atoms with Gasteiger partial charge in [-0.2, -0.15) is 5.10 Å². The van der Waals surface area contributed by atoms with Gasteiger partial charge in [0, 0.05) is 22.0 Å². The molecule has 0 aliphatic carbocycles. The molecule has 0 fully saturated rings. The highest BCUT2D eigenvalue weighted by Gasteiger charge is 2.42. The maximum Gasteiger partial charge on any atom is 0.214 e. The largest absolute Gasteiger partial charge is 0.493 e. The third kappa shape index (κ3) is 3.87. The molecule has 0 saturated heterocycles. The van der Waals surface area contributed by atoms with E-state index in [-0.39, 0.29) is 6.04 Å². The van der Waals surface area contributed by atoms with Crippen LogP contribution in [0.3, 0.4) is 0 Å². The Labute approximate surface area is 220 Å². The molecule has 7 heteroatoms. The van der Waals surface area contributed by atoms with E-state index in [0.29, 0.717) is 11.5 Å². The van der Waals surface area contributed by atoms with Crippen molar-refractivity contribution in [2.75, 3.05) is 14.2 Å². The van der Waals surface area contributed by atoms with Crippen molar-refractivity contribution in [3.63, 3.8) is 0 Å². The number of halogens is 2. The van der Waals surface area contributed by atoms with Gasteiger partial charge in [0.05, 0.1) is 30.4 Å². The van der Waals surface area contributed by atoms with Gasteiger partial charge in [-0.25, -0.2) is 5.01 Å². The zero-order valence-electron chi connectivity index (χ0n) is 19.2. The third-order valence-electron chi connectivity index (χ3n) is 6.58. The topological polar surface area (TPSA) is 43.3 Å². The lowest BCUT2D eigenvalue weighted by molar-refractivity contribution is -0.0198. The Bertz CT molecular complexity index is 1490. The predicted molar refractivity (Wildman–Crippen MR) is 144 cm³/mol. The minimum atomic E-state index is -0.414. The first-order valence-electron chi connectivity index (χ1n) is 11.3. The van der Waals surface area contributed by atoms with Gasteiger partial charge >= 0.3 is 0 Å². The number of hydrogen-bond acceptors (Lipinski definition) is 5. The zero-order chi connectivity index (χ0) is 24.1. The first kappa shape index (κ1) is 22.4. The van der Waals surface area contributed by atoms with Crippen LogP contribution < -0.4 is 14.2 Å². The number of nitrogens with zero attached hydrogens (tertiary/aromatic N) is 2. The maximum absolute atomic E-state index is 6.60. The minimum Gasteiger partial charge on any atom is -0.493 e. The second-order valence-corrected chi connectivity index (χ2v) is 10.4. The molecule has 2 unspecified atom stereocenters. The Morgan fingerprint density at radius 1 is 0.886 bits per heavy atom. The van der Waals surface area contributed by atoms with Gasteiger partial charge in [0.25, 0.3) is 0 Å². The molecule has 35 heavy (non-hydrogen) atoms. The molecule has 0 radical (unpaired) electrons. The van der Waals surface area contributed by atoms with E-state index >= 15 is 0 Å². The second-order valence-electron chi connectivity index (χ2n) is 8.60. The molecule has 176 valence electrons. The van der Waals surface area contributed by atoms with Crippen LogP contribution in [0.15, 0.2) is 86.8 Å². The highest BCUT2D eigenvalue weighted by Crippen LogP contribution is 2.51. The minimum absolute atomic E-state index is 0.0344. The van der Waals surface area contributed by atoms with E-state index in [0.717, 1.165) is 43.5 Å². The second kappa shape index (κ2) is 8.88. The number of ether oxygens (including phenoxy) is 3. The van der Waals surface area contributed by atoms with Crippen LogP contribution in [0.25, 0.3) is 10.8 Å². The Morgan fingerprint density at radius 3 is 2.49 bits per heavy atom. The summed E-state index contributed by atoms with van der Waals surface area (Å²) in [5, 5.41) is 9.62. The van der Waals surface area contributed by atoms with Crippen molar-refractivity contribution < 1.29 is 14.2 Å². The molecule has 5 nitrogen and oxygen atoms in total. The molecule has 0 spiro atoms. The molecule has 6 rings (SSSR count). The quantitative estimate of drug-likeness (QED) is 0.244. The van der Waals surface area contributed by atoms with E-state index < -0.39 is 6.23 Å². The molecule has 0 amide bonds. The monoisotopic (exact) mass is 592 g/mol. The number of fused-ring (bicyclic) bond motifs is 4. The van der Waals surface area contributed by atoms with Gasteiger partial charge in [-0.05, 0) is 68.7 Å². The molecule has 0 aromatic heterocycles. The summed E-state index contributed by atoms with van der Waals surface area (Å²) in [6.45, 7) is 0. The predicted octanol–water partition coefficient (Wildman–Crippen LogP) is 7.62. The van der Waals surface area contributed by atoms with Crippen LogP contribution in [0.4, 0.5) is 0 Å². The fraction of sp³-hybridized carbons (Fsp3) is 0.179. The molecule has 2 atom stereocenters. The van der Waals surface area contributed by atoms with Gasteiger partial charge in [-0.3, -0.25) is 0 Å². The number of benzene rings is 4. The lowest BCUT2D eigenvalue weighted by atomic mass is 9.95. The number of rotatable bonds is 4. The Hall–Kier alpha value is -3.03. The van der Waals surface area contributed by atoms with Gasteiger partial charge in [-0.1, -0.05) is 52.3 Å². The molecular weight excluding hydrogens is 572 g/mol. The average molecular weight is 594 g/mol. The van der Waals surface area contributed by atoms with Gasteiger partial charge in [-0.15, -0.1) is 0 Å². The summed E-state index contributed by atoms with van der Waals surface area (Å²) >= 11 is 7.36. The van der Waals surface area contributed by atoms with Crippen LogP contribution in [-0.4, -0.2) is 24.9 Å². The summed E-state index contributed by atoms with van der Waals surface area (Å²) in [5.74, 6) is 2.17. The molecule has 2 heterocycles. The fourth-order valence-electron chi connectivity index (χ4n) is 4.88. The van der Waals surface area contributed by atoms with Crippen LogP contribution in [0.2, 0.25) is 0 Å². The molecule has 2 aliphatic rings. The van der Waals surface area contributed by atoms with Crippen molar-refractivity contribution in [2.45, 2.75) is 18.7 Å². The first-order chi connectivity index (χ1) is 17.1. The summed E-state index contributed by atoms with van der Waals surface area (Å²) in [4.78, 5) is 0.